The Kier molecular flexibility index (Phi) is 4.67. The van der Waals surface area contributed by atoms with Crippen molar-refractivity contribution in [3.63, 3.8) is 0 Å². The fourth-order valence-corrected chi connectivity index (χ4v) is 2.71. The summed E-state index contributed by atoms with van der Waals surface area (Å²) in [6, 6.07) is 7.25. The average molecular weight is 355 g/mol. The van der Waals surface area contributed by atoms with Crippen molar-refractivity contribution in [1.82, 2.24) is 9.97 Å². The summed E-state index contributed by atoms with van der Waals surface area (Å²) in [5, 5.41) is 12.7. The highest BCUT2D eigenvalue weighted by Crippen LogP contribution is 2.42. The largest absolute Gasteiger partial charge is 0.464 e. The van der Waals surface area contributed by atoms with Crippen molar-refractivity contribution in [3.05, 3.63) is 43.1 Å². The Morgan fingerprint density at radius 3 is 2.58 bits per heavy atom. The molecule has 0 aliphatic carbocycles. The van der Waals surface area contributed by atoms with Crippen LogP contribution in [-0.4, -0.2) is 41.4 Å². The van der Waals surface area contributed by atoms with Crippen LogP contribution in [0.25, 0.3) is 33.9 Å². The highest BCUT2D eigenvalue weighted by molar-refractivity contribution is 6.04. The number of nitrogens with one attached hydrogen (secondary N) is 1. The maximum absolute atomic E-state index is 8.76. The number of nitrogens with zero attached hydrogens (tertiary/aromatic N) is 2. The van der Waals surface area contributed by atoms with Crippen LogP contribution < -0.4 is 5.32 Å². The zero-order chi connectivity index (χ0) is 17.8. The van der Waals surface area contributed by atoms with Crippen molar-refractivity contribution in [3.8, 4) is 22.8 Å². The van der Waals surface area contributed by atoms with Gasteiger partial charge in [0.1, 0.15) is 17.9 Å². The molecular weight excluding hydrogens is 338 g/mol. The van der Waals surface area contributed by atoms with Gasteiger partial charge in [-0.1, -0.05) is 0 Å². The molecule has 26 heavy (non-hydrogen) atoms. The summed E-state index contributed by atoms with van der Waals surface area (Å²) in [5.41, 5.74) is 1.15. The molecule has 0 unspecified atom stereocenters. The van der Waals surface area contributed by atoms with Crippen LogP contribution in [0.2, 0.25) is 0 Å². The summed E-state index contributed by atoms with van der Waals surface area (Å²) in [6.07, 6.45) is 4.61. The van der Waals surface area contributed by atoms with Gasteiger partial charge in [0.2, 0.25) is 5.71 Å². The zero-order valence-corrected chi connectivity index (χ0v) is 13.8. The van der Waals surface area contributed by atoms with E-state index in [-0.39, 0.29) is 6.61 Å². The molecule has 0 spiro atoms. The van der Waals surface area contributed by atoms with Gasteiger partial charge in [0, 0.05) is 6.54 Å². The Hall–Kier alpha value is -3.10. The van der Waals surface area contributed by atoms with Crippen LogP contribution in [0.3, 0.4) is 0 Å². The molecule has 0 bridgehead atoms. The minimum absolute atomic E-state index is 0.00533. The van der Waals surface area contributed by atoms with Crippen molar-refractivity contribution in [2.75, 3.05) is 31.7 Å². The van der Waals surface area contributed by atoms with Gasteiger partial charge >= 0.3 is 0 Å². The van der Waals surface area contributed by atoms with Crippen LogP contribution in [0.1, 0.15) is 0 Å². The van der Waals surface area contributed by atoms with Gasteiger partial charge in [-0.15, -0.1) is 0 Å². The molecule has 0 atom stereocenters. The van der Waals surface area contributed by atoms with Gasteiger partial charge in [0.25, 0.3) is 0 Å². The van der Waals surface area contributed by atoms with E-state index in [4.69, 9.17) is 23.1 Å². The number of ether oxygens (including phenoxy) is 1. The summed E-state index contributed by atoms with van der Waals surface area (Å²) < 4.78 is 22.3. The van der Waals surface area contributed by atoms with Gasteiger partial charge in [-0.25, -0.2) is 9.97 Å². The van der Waals surface area contributed by atoms with Crippen LogP contribution >= 0.6 is 0 Å². The monoisotopic (exact) mass is 355 g/mol. The number of aliphatic hydroxyl groups is 1. The quantitative estimate of drug-likeness (QED) is 0.464. The summed E-state index contributed by atoms with van der Waals surface area (Å²) >= 11 is 0. The predicted molar refractivity (Wildman–Crippen MR) is 93.6 cm³/mol. The number of anilines is 1. The predicted octanol–water partition coefficient (Wildman–Crippen LogP) is 3.16. The molecule has 2 N–H and O–H groups in total. The Morgan fingerprint density at radius 2 is 1.85 bits per heavy atom. The third-order valence-electron chi connectivity index (χ3n) is 3.78. The molecule has 0 radical (unpaired) electrons. The molecule has 0 aliphatic rings. The molecule has 8 heteroatoms. The third kappa shape index (κ3) is 3.07. The molecule has 134 valence electrons. The molecule has 0 aliphatic heterocycles. The highest BCUT2D eigenvalue weighted by atomic mass is 16.5. The maximum Gasteiger partial charge on any atom is 0.232 e. The summed E-state index contributed by atoms with van der Waals surface area (Å²) in [5.74, 6) is 2.34. The maximum atomic E-state index is 8.76. The SMILES string of the molecule is OCCOCCNc1ncnc2oc(-c3ccco3)c(-c3ccco3)c12. The van der Waals surface area contributed by atoms with Crippen LogP contribution in [0.4, 0.5) is 5.82 Å². The van der Waals surface area contributed by atoms with Crippen molar-refractivity contribution >= 4 is 16.9 Å². The van der Waals surface area contributed by atoms with Gasteiger partial charge in [-0.3, -0.25) is 0 Å². The molecule has 8 nitrogen and oxygen atoms in total. The van der Waals surface area contributed by atoms with Crippen molar-refractivity contribution in [2.24, 2.45) is 0 Å². The molecule has 4 heterocycles. The normalized spacial score (nSPS) is 11.3. The number of aromatic nitrogens is 2. The van der Waals surface area contributed by atoms with E-state index in [9.17, 15) is 0 Å². The van der Waals surface area contributed by atoms with E-state index in [2.05, 4.69) is 15.3 Å². The van der Waals surface area contributed by atoms with E-state index in [0.717, 1.165) is 5.56 Å². The molecule has 0 fully saturated rings. The molecule has 0 amide bonds. The zero-order valence-electron chi connectivity index (χ0n) is 13.8. The first-order chi connectivity index (χ1) is 12.9. The van der Waals surface area contributed by atoms with E-state index >= 15 is 0 Å². The second-order valence-electron chi connectivity index (χ2n) is 5.43. The summed E-state index contributed by atoms with van der Waals surface area (Å²) in [6.45, 7) is 1.25. The van der Waals surface area contributed by atoms with Crippen molar-refractivity contribution in [2.45, 2.75) is 0 Å². The number of furan rings is 3. The van der Waals surface area contributed by atoms with Crippen LogP contribution in [0.15, 0.2) is 56.4 Å². The number of hydrogen-bond donors (Lipinski definition) is 2. The van der Waals surface area contributed by atoms with E-state index in [1.807, 2.05) is 12.1 Å². The molecule has 0 saturated heterocycles. The molecule has 0 saturated carbocycles. The Morgan fingerprint density at radius 1 is 1.04 bits per heavy atom. The Labute approximate surface area is 148 Å². The van der Waals surface area contributed by atoms with Gasteiger partial charge in [0.15, 0.2) is 11.5 Å². The standard InChI is InChI=1S/C18H17N3O5/c22-6-10-23-9-5-19-17-15-14(12-3-1-7-24-12)16(13-4-2-8-25-13)26-18(15)21-11-20-17/h1-4,7-8,11,22H,5-6,9-10H2,(H,19,20,21). The number of hydrogen-bond acceptors (Lipinski definition) is 8. The fraction of sp³-hybridized carbons (Fsp3) is 0.222. The van der Waals surface area contributed by atoms with Crippen molar-refractivity contribution < 1.29 is 23.1 Å². The van der Waals surface area contributed by atoms with Crippen LogP contribution in [0, 0.1) is 0 Å². The van der Waals surface area contributed by atoms with E-state index < -0.39 is 0 Å². The van der Waals surface area contributed by atoms with Gasteiger partial charge in [-0.05, 0) is 24.3 Å². The lowest BCUT2D eigenvalue weighted by Gasteiger charge is -2.07. The summed E-state index contributed by atoms with van der Waals surface area (Å²) in [4.78, 5) is 8.57. The van der Waals surface area contributed by atoms with Crippen LogP contribution in [0.5, 0.6) is 0 Å². The topological polar surface area (TPSA) is 107 Å². The Bertz CT molecular complexity index is 960. The number of aliphatic hydroxyl groups excluding tert-OH is 1. The Balaban J connectivity index is 1.77. The second kappa shape index (κ2) is 7.42. The van der Waals surface area contributed by atoms with E-state index in [0.29, 0.717) is 54.0 Å². The smallest absolute Gasteiger partial charge is 0.232 e. The first kappa shape index (κ1) is 16.4. The minimum Gasteiger partial charge on any atom is -0.464 e. The number of fused-ring (bicyclic) bond motifs is 1. The molecule has 4 rings (SSSR count). The lowest BCUT2D eigenvalue weighted by molar-refractivity contribution is 0.0992. The highest BCUT2D eigenvalue weighted by Gasteiger charge is 2.25. The molecular formula is C18H17N3O5. The first-order valence-corrected chi connectivity index (χ1v) is 8.16. The minimum atomic E-state index is -0.00533. The lowest BCUT2D eigenvalue weighted by atomic mass is 10.1. The molecule has 4 aromatic rings. The first-order valence-electron chi connectivity index (χ1n) is 8.16. The van der Waals surface area contributed by atoms with Crippen molar-refractivity contribution in [1.29, 1.82) is 0 Å². The average Bonchev–Trinajstić information content (AvgIpc) is 3.40. The molecule has 0 aromatic carbocycles. The fourth-order valence-electron chi connectivity index (χ4n) is 2.71. The lowest BCUT2D eigenvalue weighted by Crippen LogP contribution is -2.12. The second-order valence-corrected chi connectivity index (χ2v) is 5.43. The van der Waals surface area contributed by atoms with E-state index in [1.54, 1.807) is 24.7 Å². The summed E-state index contributed by atoms with van der Waals surface area (Å²) in [7, 11) is 0. The van der Waals surface area contributed by atoms with Crippen LogP contribution in [-0.2, 0) is 4.74 Å². The van der Waals surface area contributed by atoms with Gasteiger partial charge in [0.05, 0.1) is 43.3 Å². The number of rotatable bonds is 8. The van der Waals surface area contributed by atoms with E-state index in [1.165, 1.54) is 6.33 Å². The molecule has 4 aromatic heterocycles. The van der Waals surface area contributed by atoms with Gasteiger partial charge < -0.3 is 28.4 Å². The van der Waals surface area contributed by atoms with Gasteiger partial charge in [-0.2, -0.15) is 0 Å². The third-order valence-corrected chi connectivity index (χ3v) is 3.78.